The van der Waals surface area contributed by atoms with Gasteiger partial charge in [0.25, 0.3) is 0 Å². The van der Waals surface area contributed by atoms with Crippen LogP contribution in [0.25, 0.3) is 5.57 Å². The van der Waals surface area contributed by atoms with E-state index >= 15 is 0 Å². The van der Waals surface area contributed by atoms with Crippen LogP contribution in [0.4, 0.5) is 0 Å². The number of hydrogen-bond acceptors (Lipinski definition) is 1. The number of benzene rings is 1. The monoisotopic (exact) mass is 338 g/mol. The van der Waals surface area contributed by atoms with Crippen LogP contribution in [-0.4, -0.2) is 11.1 Å². The average molecular weight is 338 g/mol. The number of aromatic carboxylic acids is 1. The zero-order valence-electron chi connectivity index (χ0n) is 16.2. The van der Waals surface area contributed by atoms with Gasteiger partial charge in [-0.15, -0.1) is 0 Å². The van der Waals surface area contributed by atoms with Gasteiger partial charge in [-0.25, -0.2) is 4.79 Å². The number of carboxylic acids is 1. The smallest absolute Gasteiger partial charge is 0.335 e. The third kappa shape index (κ3) is 3.78. The zero-order chi connectivity index (χ0) is 18.8. The molecule has 1 aromatic rings. The van der Waals surface area contributed by atoms with E-state index in [0.717, 1.165) is 29.5 Å². The topological polar surface area (TPSA) is 37.3 Å². The summed E-state index contributed by atoms with van der Waals surface area (Å²) in [6.07, 6.45) is 6.24. The molecule has 0 unspecified atom stereocenters. The summed E-state index contributed by atoms with van der Waals surface area (Å²) in [7, 11) is 0. The molecule has 1 aliphatic carbocycles. The Kier molecular flexibility index (Phi) is 5.72. The first-order valence-corrected chi connectivity index (χ1v) is 9.13. The predicted octanol–water partition coefficient (Wildman–Crippen LogP) is 6.43. The molecular weight excluding hydrogens is 308 g/mol. The van der Waals surface area contributed by atoms with Crippen LogP contribution >= 0.6 is 0 Å². The number of carboxylic acid groups (broad SMARTS) is 1. The second kappa shape index (κ2) is 7.43. The maximum absolute atomic E-state index is 11.4. The van der Waals surface area contributed by atoms with E-state index in [9.17, 15) is 9.90 Å². The van der Waals surface area contributed by atoms with E-state index < -0.39 is 5.97 Å². The molecule has 0 bridgehead atoms. The van der Waals surface area contributed by atoms with Gasteiger partial charge in [0.15, 0.2) is 0 Å². The Morgan fingerprint density at radius 3 is 2.56 bits per heavy atom. The molecular formula is C23H30O2. The van der Waals surface area contributed by atoms with Crippen molar-refractivity contribution in [1.29, 1.82) is 0 Å². The van der Waals surface area contributed by atoms with Crippen molar-refractivity contribution in [2.75, 3.05) is 0 Å². The molecule has 0 atom stereocenters. The van der Waals surface area contributed by atoms with E-state index in [1.165, 1.54) is 29.6 Å². The Balaban J connectivity index is 2.78. The Labute approximate surface area is 152 Å². The van der Waals surface area contributed by atoms with Crippen molar-refractivity contribution >= 4 is 11.5 Å². The first kappa shape index (κ1) is 19.2. The molecule has 25 heavy (non-hydrogen) atoms. The van der Waals surface area contributed by atoms with Crippen LogP contribution in [0.5, 0.6) is 0 Å². The molecule has 0 aromatic heterocycles. The number of carbonyl (C=O) groups is 1. The van der Waals surface area contributed by atoms with Crippen molar-refractivity contribution in [3.63, 3.8) is 0 Å². The molecule has 134 valence electrons. The van der Waals surface area contributed by atoms with Crippen molar-refractivity contribution in [2.45, 2.75) is 60.3 Å². The van der Waals surface area contributed by atoms with Crippen molar-refractivity contribution in [1.82, 2.24) is 0 Å². The molecule has 0 amide bonds. The minimum atomic E-state index is -0.874. The summed E-state index contributed by atoms with van der Waals surface area (Å²) < 4.78 is 0. The summed E-state index contributed by atoms with van der Waals surface area (Å²) in [5.41, 5.74) is 7.94. The normalized spacial score (nSPS) is 18.0. The molecule has 2 nitrogen and oxygen atoms in total. The van der Waals surface area contributed by atoms with Gasteiger partial charge in [0.1, 0.15) is 0 Å². The van der Waals surface area contributed by atoms with E-state index in [1.54, 1.807) is 6.07 Å². The van der Waals surface area contributed by atoms with Crippen LogP contribution in [0.3, 0.4) is 0 Å². The van der Waals surface area contributed by atoms with Crippen LogP contribution in [0.1, 0.15) is 75.4 Å². The van der Waals surface area contributed by atoms with E-state index in [1.807, 2.05) is 18.2 Å². The highest BCUT2D eigenvalue weighted by atomic mass is 16.4. The Morgan fingerprint density at radius 2 is 2.04 bits per heavy atom. The lowest BCUT2D eigenvalue weighted by Gasteiger charge is -2.37. The molecule has 0 heterocycles. The molecule has 0 aliphatic heterocycles. The lowest BCUT2D eigenvalue weighted by molar-refractivity contribution is 0.0696. The van der Waals surface area contributed by atoms with Gasteiger partial charge in [-0.2, -0.15) is 0 Å². The van der Waals surface area contributed by atoms with Crippen molar-refractivity contribution < 1.29 is 9.90 Å². The van der Waals surface area contributed by atoms with Crippen LogP contribution < -0.4 is 0 Å². The highest BCUT2D eigenvalue weighted by Crippen LogP contribution is 2.48. The molecule has 0 fully saturated rings. The number of rotatable bonds is 5. The van der Waals surface area contributed by atoms with Gasteiger partial charge in [-0.3, -0.25) is 0 Å². The zero-order valence-corrected chi connectivity index (χ0v) is 16.2. The van der Waals surface area contributed by atoms with Gasteiger partial charge in [0.2, 0.25) is 0 Å². The van der Waals surface area contributed by atoms with Gasteiger partial charge in [0, 0.05) is 0 Å². The number of hydrogen-bond donors (Lipinski definition) is 1. The van der Waals surface area contributed by atoms with E-state index in [0.29, 0.717) is 5.56 Å². The first-order chi connectivity index (χ1) is 11.7. The minimum absolute atomic E-state index is 0.110. The van der Waals surface area contributed by atoms with Gasteiger partial charge >= 0.3 is 5.97 Å². The molecule has 2 heteroatoms. The molecule has 0 saturated heterocycles. The Bertz CT molecular complexity index is 760. The molecule has 1 aliphatic rings. The van der Waals surface area contributed by atoms with Gasteiger partial charge in [0.05, 0.1) is 5.56 Å². The average Bonchev–Trinajstić information content (AvgIpc) is 2.56. The minimum Gasteiger partial charge on any atom is -0.478 e. The summed E-state index contributed by atoms with van der Waals surface area (Å²) in [4.78, 5) is 11.4. The second-order valence-electron chi connectivity index (χ2n) is 7.69. The Hall–Kier alpha value is -2.09. The standard InChI is InChI=1S/C23H30O2/c1-7-15(3)20(21-16(4)10-9-13-23(21,5)6)19-12-11-18(22(24)25)14-17(19)8-2/h7,11-12,14H,1,8-10,13H2,2-6H3,(H,24,25). The molecule has 0 radical (unpaired) electrons. The molecule has 1 aromatic carbocycles. The largest absolute Gasteiger partial charge is 0.478 e. The predicted molar refractivity (Wildman–Crippen MR) is 106 cm³/mol. The maximum atomic E-state index is 11.4. The summed E-state index contributed by atoms with van der Waals surface area (Å²) in [5.74, 6) is -0.874. The lowest BCUT2D eigenvalue weighted by atomic mass is 9.67. The van der Waals surface area contributed by atoms with E-state index in [4.69, 9.17) is 0 Å². The molecule has 1 N–H and O–H groups in total. The van der Waals surface area contributed by atoms with Crippen LogP contribution in [0.15, 0.2) is 47.6 Å². The van der Waals surface area contributed by atoms with Crippen molar-refractivity contribution in [3.05, 3.63) is 64.3 Å². The summed E-state index contributed by atoms with van der Waals surface area (Å²) in [6.45, 7) is 15.1. The summed E-state index contributed by atoms with van der Waals surface area (Å²) in [6, 6.07) is 5.52. The molecule has 0 saturated carbocycles. The lowest BCUT2D eigenvalue weighted by Crippen LogP contribution is -2.22. The summed E-state index contributed by atoms with van der Waals surface area (Å²) >= 11 is 0. The van der Waals surface area contributed by atoms with Crippen molar-refractivity contribution in [3.8, 4) is 0 Å². The third-order valence-electron chi connectivity index (χ3n) is 5.41. The van der Waals surface area contributed by atoms with Crippen LogP contribution in [0.2, 0.25) is 0 Å². The first-order valence-electron chi connectivity index (χ1n) is 9.13. The van der Waals surface area contributed by atoms with Gasteiger partial charge in [-0.05, 0) is 84.9 Å². The number of aryl methyl sites for hydroxylation is 1. The second-order valence-corrected chi connectivity index (χ2v) is 7.69. The quantitative estimate of drug-likeness (QED) is 0.628. The fourth-order valence-electron chi connectivity index (χ4n) is 4.08. The number of allylic oxidation sites excluding steroid dienone is 5. The van der Waals surface area contributed by atoms with E-state index in [-0.39, 0.29) is 5.41 Å². The molecule has 0 spiro atoms. The SMILES string of the molecule is C=CC(C)=C(C1=C(C)CCCC1(C)C)c1ccc(C(=O)O)cc1CC. The van der Waals surface area contributed by atoms with Gasteiger partial charge < -0.3 is 5.11 Å². The highest BCUT2D eigenvalue weighted by molar-refractivity contribution is 5.91. The van der Waals surface area contributed by atoms with E-state index in [2.05, 4.69) is 41.2 Å². The van der Waals surface area contributed by atoms with Crippen LogP contribution in [0, 0.1) is 5.41 Å². The maximum Gasteiger partial charge on any atom is 0.335 e. The Morgan fingerprint density at radius 1 is 1.36 bits per heavy atom. The van der Waals surface area contributed by atoms with Gasteiger partial charge in [-0.1, -0.05) is 45.1 Å². The fraction of sp³-hybridized carbons (Fsp3) is 0.435. The summed E-state index contributed by atoms with van der Waals surface area (Å²) in [5, 5.41) is 9.33. The molecule has 2 rings (SSSR count). The van der Waals surface area contributed by atoms with Crippen LogP contribution in [-0.2, 0) is 6.42 Å². The fourth-order valence-corrected chi connectivity index (χ4v) is 4.08. The van der Waals surface area contributed by atoms with Crippen molar-refractivity contribution in [2.24, 2.45) is 5.41 Å². The highest BCUT2D eigenvalue weighted by Gasteiger charge is 2.32. The third-order valence-corrected chi connectivity index (χ3v) is 5.41.